The number of hydrogen-bond donors (Lipinski definition) is 5. The average molecular weight is 996 g/mol. The second-order valence-corrected chi connectivity index (χ2v) is 19.6. The molecule has 5 heterocycles. The zero-order valence-electron chi connectivity index (χ0n) is 41.6. The first-order chi connectivity index (χ1) is 33.9. The van der Waals surface area contributed by atoms with Crippen LogP contribution in [-0.2, 0) is 51.0 Å². The van der Waals surface area contributed by atoms with Gasteiger partial charge in [-0.25, -0.2) is 19.1 Å². The number of allylic oxidation sites excluding steroid dienone is 7. The number of hydrogen-bond acceptors (Lipinski definition) is 14. The minimum atomic E-state index is -0.607. The Morgan fingerprint density at radius 1 is 1.06 bits per heavy atom. The van der Waals surface area contributed by atoms with Crippen molar-refractivity contribution in [2.24, 2.45) is 11.8 Å². The van der Waals surface area contributed by atoms with Gasteiger partial charge >= 0.3 is 18.1 Å². The molecule has 1 aromatic rings. The number of nitrogens with zero attached hydrogens (tertiary/aromatic N) is 3. The van der Waals surface area contributed by atoms with E-state index in [1.54, 1.807) is 10.9 Å². The maximum atomic E-state index is 13.2. The highest BCUT2D eigenvalue weighted by Gasteiger charge is 2.42. The lowest BCUT2D eigenvalue weighted by molar-refractivity contribution is -0.141. The molecular formula is C51H77N7O11S. The molecule has 3 saturated heterocycles. The molecule has 5 N–H and O–H groups in total. The summed E-state index contributed by atoms with van der Waals surface area (Å²) in [5.41, 5.74) is 2.90. The summed E-state index contributed by atoms with van der Waals surface area (Å²) in [4.78, 5) is 48.4. The molecule has 0 saturated carbocycles. The molecule has 18 nitrogen and oxygen atoms in total. The second-order valence-electron chi connectivity index (χ2n) is 18.4. The van der Waals surface area contributed by atoms with Crippen LogP contribution in [0.2, 0.25) is 0 Å². The van der Waals surface area contributed by atoms with Gasteiger partial charge in [0, 0.05) is 61.4 Å². The van der Waals surface area contributed by atoms with Gasteiger partial charge in [0.1, 0.15) is 6.10 Å². The largest absolute Gasteiger partial charge is 0.455 e. The number of carbonyl (C=O) groups is 4. The van der Waals surface area contributed by atoms with Crippen molar-refractivity contribution in [2.45, 2.75) is 140 Å². The predicted octanol–water partition coefficient (Wildman–Crippen LogP) is 5.44. The van der Waals surface area contributed by atoms with Crippen LogP contribution in [0.5, 0.6) is 0 Å². The Labute approximate surface area is 417 Å². The van der Waals surface area contributed by atoms with Gasteiger partial charge in [-0.3, -0.25) is 4.79 Å². The molecule has 1 unspecified atom stereocenters. The molecule has 0 radical (unpaired) electrons. The van der Waals surface area contributed by atoms with E-state index in [1.165, 1.54) is 6.08 Å². The summed E-state index contributed by atoms with van der Waals surface area (Å²) in [6.45, 7) is 13.6. The molecule has 0 spiro atoms. The summed E-state index contributed by atoms with van der Waals surface area (Å²) in [6.07, 6.45) is 24.0. The first-order valence-electron chi connectivity index (χ1n) is 24.9. The van der Waals surface area contributed by atoms with E-state index in [9.17, 15) is 24.3 Å². The number of unbranched alkanes of at least 4 members (excludes halogenated alkanes) is 1. The normalized spacial score (nSPS) is 25.8. The number of alkyl carbamates (subject to hydrolysis) is 1. The van der Waals surface area contributed by atoms with Gasteiger partial charge in [0.15, 0.2) is 0 Å². The Hall–Kier alpha value is -4.79. The van der Waals surface area contributed by atoms with Crippen molar-refractivity contribution in [3.8, 4) is 0 Å². The molecule has 4 amide bonds. The molecule has 3 fully saturated rings. The highest BCUT2D eigenvalue weighted by molar-refractivity contribution is 8.00. The molecule has 70 heavy (non-hydrogen) atoms. The van der Waals surface area contributed by atoms with Gasteiger partial charge < -0.3 is 54.8 Å². The van der Waals surface area contributed by atoms with Crippen molar-refractivity contribution in [2.75, 3.05) is 58.5 Å². The Bertz CT molecular complexity index is 1990. The van der Waals surface area contributed by atoms with Crippen LogP contribution in [0.4, 0.5) is 9.59 Å². The number of aromatic nitrogens is 3. The highest BCUT2D eigenvalue weighted by Crippen LogP contribution is 2.33. The first-order valence-corrected chi connectivity index (χ1v) is 26.0. The van der Waals surface area contributed by atoms with Gasteiger partial charge in [-0.05, 0) is 52.0 Å². The third-order valence-corrected chi connectivity index (χ3v) is 13.9. The van der Waals surface area contributed by atoms with E-state index in [4.69, 9.17) is 28.4 Å². The number of fused-ring (bicyclic) bond motifs is 1. The molecular weight excluding hydrogens is 919 g/mol. The number of amides is 4. The van der Waals surface area contributed by atoms with Crippen LogP contribution < -0.4 is 21.3 Å². The van der Waals surface area contributed by atoms with Crippen molar-refractivity contribution in [1.29, 1.82) is 0 Å². The smallest absolute Gasteiger partial charge is 0.407 e. The molecule has 10 atom stereocenters. The number of nitrogens with one attached hydrogen (secondary N) is 4. The summed E-state index contributed by atoms with van der Waals surface area (Å²) < 4.78 is 35.8. The van der Waals surface area contributed by atoms with Crippen LogP contribution >= 0.6 is 11.8 Å². The molecule has 0 aliphatic carbocycles. The minimum absolute atomic E-state index is 0.0221. The van der Waals surface area contributed by atoms with Crippen molar-refractivity contribution in [3.63, 3.8) is 0 Å². The van der Waals surface area contributed by atoms with E-state index in [0.29, 0.717) is 89.4 Å². The first kappa shape index (κ1) is 56.1. The standard InChI is InChI=1S/C51H77N7O11S/c1-6-11-44-38(5)43(59)32-45(69-44)41(14-9-12-35(2)30-37(4)31-36(3)18-19-40-13-10-17-48(61)68-40)54-51(63)67-23-20-39-33-58(57-56-39)22-25-65-27-29-66-28-26-64-24-21-52-47(60)16-8-7-15-46-49-42(34-70-46)53-50(62)55-49/h6,9-12,14,17-19,31,33,37-38,40-46,49,59H,7-8,13,15-16,20-30,32,34H2,1-5H3,(H,52,60)(H,54,63)(H2,53,55,62)/b11-6+,14-9+,19-18+,35-12+,36-31-/t37-,38+,40-,41?,42+,43-,44+,45+,46+,49+/m1/s1. The van der Waals surface area contributed by atoms with E-state index >= 15 is 0 Å². The van der Waals surface area contributed by atoms with Crippen LogP contribution in [0.15, 0.2) is 78.1 Å². The van der Waals surface area contributed by atoms with E-state index in [0.717, 1.165) is 42.6 Å². The number of cyclic esters (lactones) is 1. The maximum absolute atomic E-state index is 13.2. The lowest BCUT2D eigenvalue weighted by Gasteiger charge is -2.39. The van der Waals surface area contributed by atoms with Crippen molar-refractivity contribution in [3.05, 3.63) is 83.8 Å². The number of ether oxygens (including phenoxy) is 6. The van der Waals surface area contributed by atoms with Crippen LogP contribution in [0, 0.1) is 11.8 Å². The Morgan fingerprint density at radius 2 is 1.84 bits per heavy atom. The van der Waals surface area contributed by atoms with Crippen molar-refractivity contribution in [1.82, 2.24) is 36.3 Å². The number of rotatable bonds is 30. The third kappa shape index (κ3) is 20.5. The summed E-state index contributed by atoms with van der Waals surface area (Å²) in [6, 6.07) is -0.208. The van der Waals surface area contributed by atoms with Crippen LogP contribution in [0.1, 0.15) is 85.3 Å². The fourth-order valence-corrected chi connectivity index (χ4v) is 10.2. The Kier molecular flexibility index (Phi) is 24.7. The van der Waals surface area contributed by atoms with Gasteiger partial charge in [-0.2, -0.15) is 11.8 Å². The van der Waals surface area contributed by atoms with Gasteiger partial charge in [0.2, 0.25) is 5.91 Å². The molecule has 5 rings (SSSR count). The number of aliphatic hydroxyl groups is 1. The van der Waals surface area contributed by atoms with Gasteiger partial charge in [-0.1, -0.05) is 85.2 Å². The fraction of sp³-hybridized carbons (Fsp3) is 0.647. The Balaban J connectivity index is 0.918. The predicted molar refractivity (Wildman–Crippen MR) is 268 cm³/mol. The quantitative estimate of drug-likeness (QED) is 0.0213. The SMILES string of the molecule is C/C=C/[C@@H]1O[C@H](C(/C=C/C=C(\C)C[C@@H](C)/C=C(C)\C=C\[C@H]2CC=CC(=O)O2)NC(=O)OCCc2cn(CCOCCOCCOCCNC(=O)CCCC[C@@H]3SC[C@@H]4NC(=O)N[C@@H]43)nn2)C[C@@H](O)[C@@H]1C. The Morgan fingerprint density at radius 3 is 2.63 bits per heavy atom. The van der Waals surface area contributed by atoms with Crippen LogP contribution in [-0.4, -0.2) is 150 Å². The lowest BCUT2D eigenvalue weighted by Crippen LogP contribution is -2.51. The van der Waals surface area contributed by atoms with Crippen LogP contribution in [0.3, 0.4) is 0 Å². The lowest BCUT2D eigenvalue weighted by atomic mass is 9.87. The average Bonchev–Trinajstić information content (AvgIpc) is 4.04. The molecule has 0 bridgehead atoms. The number of aliphatic hydroxyl groups excluding tert-OH is 1. The van der Waals surface area contributed by atoms with Gasteiger partial charge in [-0.15, -0.1) is 5.10 Å². The number of thioether (sulfide) groups is 1. The van der Waals surface area contributed by atoms with Crippen molar-refractivity contribution < 1.29 is 52.7 Å². The maximum Gasteiger partial charge on any atom is 0.407 e. The highest BCUT2D eigenvalue weighted by atomic mass is 32.2. The second kappa shape index (κ2) is 30.8. The fourth-order valence-electron chi connectivity index (χ4n) is 8.66. The number of urea groups is 1. The summed E-state index contributed by atoms with van der Waals surface area (Å²) in [5.74, 6) is 0.807. The van der Waals surface area contributed by atoms with Crippen LogP contribution in [0.25, 0.3) is 0 Å². The molecule has 1 aromatic heterocycles. The van der Waals surface area contributed by atoms with E-state index in [2.05, 4.69) is 51.5 Å². The molecule has 19 heteroatoms. The monoisotopic (exact) mass is 996 g/mol. The molecule has 4 aliphatic heterocycles. The number of carbonyl (C=O) groups excluding carboxylic acids is 4. The number of esters is 1. The topological polar surface area (TPSA) is 223 Å². The third-order valence-electron chi connectivity index (χ3n) is 12.4. The van der Waals surface area contributed by atoms with E-state index in [-0.39, 0.29) is 60.6 Å². The summed E-state index contributed by atoms with van der Waals surface area (Å²) >= 11 is 1.89. The molecule has 0 aromatic carbocycles. The molecule has 4 aliphatic rings. The molecule has 388 valence electrons. The zero-order valence-corrected chi connectivity index (χ0v) is 42.4. The summed E-state index contributed by atoms with van der Waals surface area (Å²) in [7, 11) is 0. The van der Waals surface area contributed by atoms with Gasteiger partial charge in [0.25, 0.3) is 0 Å². The summed E-state index contributed by atoms with van der Waals surface area (Å²) in [5, 5.41) is 31.5. The van der Waals surface area contributed by atoms with E-state index < -0.39 is 24.3 Å². The van der Waals surface area contributed by atoms with Gasteiger partial charge in [0.05, 0.1) is 94.9 Å². The van der Waals surface area contributed by atoms with Crippen molar-refractivity contribution >= 4 is 35.8 Å². The van der Waals surface area contributed by atoms with E-state index in [1.807, 2.05) is 81.1 Å². The zero-order chi connectivity index (χ0) is 50.1. The minimum Gasteiger partial charge on any atom is -0.455 e.